The molecule has 0 unspecified atom stereocenters. The van der Waals surface area contributed by atoms with E-state index < -0.39 is 62.0 Å². The van der Waals surface area contributed by atoms with E-state index in [4.69, 9.17) is 16.1 Å². The molecule has 0 bridgehead atoms. The maximum atomic E-state index is 11.2. The molecular weight excluding hydrogens is 643 g/mol. The Bertz CT molecular complexity index is 560. The average molecular weight is 654 g/mol. The first kappa shape index (κ1) is 17.4. The fourth-order valence-electron chi connectivity index (χ4n) is 1.52. The molecule has 1 rings (SSSR count). The number of carbonyl (C=O) groups is 3. The number of carboxylic acid groups (broad SMARTS) is 1. The van der Waals surface area contributed by atoms with Crippen LogP contribution in [0.4, 0.5) is 5.69 Å². The number of hydrogen-bond acceptors (Lipinski definition) is 6. The molecule has 0 aliphatic rings. The van der Waals surface area contributed by atoms with E-state index in [1.807, 2.05) is 0 Å². The fourth-order valence-corrected chi connectivity index (χ4v) is 13.8. The Morgan fingerprint density at radius 2 is 1.65 bits per heavy atom. The van der Waals surface area contributed by atoms with Crippen LogP contribution in [0.3, 0.4) is 0 Å². The minimum absolute atomic E-state index is 0.0168. The van der Waals surface area contributed by atoms with Gasteiger partial charge in [0, 0.05) is 0 Å². The summed E-state index contributed by atoms with van der Waals surface area (Å²) in [5, 5.41) is 9.12. The van der Waals surface area contributed by atoms with Gasteiger partial charge in [-0.1, -0.05) is 0 Å². The Morgan fingerprint density at radius 1 is 1.10 bits per heavy atom. The van der Waals surface area contributed by atoms with Gasteiger partial charge in [-0.15, -0.1) is 0 Å². The van der Waals surface area contributed by atoms with Crippen molar-refractivity contribution >= 4 is 29.7 Å². The molecule has 0 radical (unpaired) electrons. The predicted octanol–water partition coefficient (Wildman–Crippen LogP) is -0.661. The molecule has 0 saturated carbocycles. The number of nitrogen functional groups attached to an aromatic ring is 1. The molecule has 3 N–H and O–H groups in total. The molecule has 7 nitrogen and oxygen atoms in total. The van der Waals surface area contributed by atoms with Crippen LogP contribution in [0.2, 0.25) is 0 Å². The third kappa shape index (κ3) is 5.35. The summed E-state index contributed by atoms with van der Waals surface area (Å²) in [5.74, 6) is -1.90. The number of nitrogens with two attached hydrogens (primary N) is 1. The van der Waals surface area contributed by atoms with E-state index in [9.17, 15) is 14.4 Å². The Morgan fingerprint density at radius 3 is 2.15 bits per heavy atom. The van der Waals surface area contributed by atoms with Gasteiger partial charge in [-0.25, -0.2) is 0 Å². The zero-order chi connectivity index (χ0) is 15.3. The van der Waals surface area contributed by atoms with Gasteiger partial charge in [0.05, 0.1) is 0 Å². The second-order valence-corrected chi connectivity index (χ2v) is 14.7. The molecule has 0 aliphatic carbocycles. The molecular formula is C11H11Hg2NO6. The fraction of sp³-hybridized carbons (Fsp3) is 0.182. The molecule has 0 atom stereocenters. The molecule has 0 amide bonds. The van der Waals surface area contributed by atoms with Crippen LogP contribution >= 0.6 is 0 Å². The molecule has 0 aromatic heterocycles. The third-order valence-electron chi connectivity index (χ3n) is 2.43. The van der Waals surface area contributed by atoms with Gasteiger partial charge in [-0.2, -0.15) is 0 Å². The van der Waals surface area contributed by atoms with E-state index in [-0.39, 0.29) is 17.2 Å². The summed E-state index contributed by atoms with van der Waals surface area (Å²) in [7, 11) is 0. The van der Waals surface area contributed by atoms with Crippen LogP contribution < -0.4 is 11.9 Å². The summed E-state index contributed by atoms with van der Waals surface area (Å²) >= 11 is -4.39. The number of hydrogen-bond donors (Lipinski definition) is 2. The van der Waals surface area contributed by atoms with Crippen LogP contribution in [0.5, 0.6) is 0 Å². The quantitative estimate of drug-likeness (QED) is 0.320. The topological polar surface area (TPSA) is 116 Å². The van der Waals surface area contributed by atoms with Crippen molar-refractivity contribution in [3.63, 3.8) is 0 Å². The van der Waals surface area contributed by atoms with Crippen molar-refractivity contribution in [1.29, 1.82) is 0 Å². The van der Waals surface area contributed by atoms with Crippen LogP contribution in [0.15, 0.2) is 12.1 Å². The molecule has 20 heavy (non-hydrogen) atoms. The van der Waals surface area contributed by atoms with Crippen molar-refractivity contribution in [3.8, 4) is 0 Å². The van der Waals surface area contributed by atoms with E-state index in [2.05, 4.69) is 0 Å². The van der Waals surface area contributed by atoms with Crippen LogP contribution in [0, 0.1) is 0 Å². The molecule has 0 fully saturated rings. The number of anilines is 1. The van der Waals surface area contributed by atoms with Crippen molar-refractivity contribution in [3.05, 3.63) is 17.7 Å². The monoisotopic (exact) mass is 657 g/mol. The van der Waals surface area contributed by atoms with Crippen LogP contribution in [0.25, 0.3) is 0 Å². The van der Waals surface area contributed by atoms with Crippen molar-refractivity contribution in [1.82, 2.24) is 0 Å². The van der Waals surface area contributed by atoms with Gasteiger partial charge in [0.2, 0.25) is 0 Å². The number of aromatic carboxylic acids is 1. The zero-order valence-corrected chi connectivity index (χ0v) is 22.1. The van der Waals surface area contributed by atoms with E-state index >= 15 is 0 Å². The summed E-state index contributed by atoms with van der Waals surface area (Å²) in [4.78, 5) is 32.9. The molecule has 1 aromatic rings. The first-order valence-corrected chi connectivity index (χ1v) is 15.7. The molecule has 0 aliphatic heterocycles. The van der Waals surface area contributed by atoms with Crippen molar-refractivity contribution in [2.24, 2.45) is 0 Å². The number of rotatable bonds is 5. The predicted molar refractivity (Wildman–Crippen MR) is 60.6 cm³/mol. The Hall–Kier alpha value is -0.700. The van der Waals surface area contributed by atoms with Crippen molar-refractivity contribution in [2.45, 2.75) is 13.8 Å². The van der Waals surface area contributed by atoms with Gasteiger partial charge < -0.3 is 0 Å². The van der Waals surface area contributed by atoms with Gasteiger partial charge >= 0.3 is 142 Å². The molecule has 100 valence electrons. The summed E-state index contributed by atoms with van der Waals surface area (Å²) in [6.45, 7) is 2.62. The van der Waals surface area contributed by atoms with Crippen LogP contribution in [0.1, 0.15) is 24.2 Å². The van der Waals surface area contributed by atoms with E-state index in [1.54, 1.807) is 6.07 Å². The molecule has 9 heteroatoms. The Labute approximate surface area is 141 Å². The van der Waals surface area contributed by atoms with Gasteiger partial charge in [-0.05, 0) is 0 Å². The number of carbonyl (C=O) groups excluding carboxylic acids is 2. The van der Waals surface area contributed by atoms with Gasteiger partial charge in [-0.3, -0.25) is 0 Å². The van der Waals surface area contributed by atoms with E-state index in [0.717, 1.165) is 3.07 Å². The first-order valence-electron chi connectivity index (χ1n) is 5.72. The van der Waals surface area contributed by atoms with Gasteiger partial charge in [0.15, 0.2) is 0 Å². The molecule has 0 spiro atoms. The van der Waals surface area contributed by atoms with E-state index in [0.29, 0.717) is 3.07 Å². The molecule has 0 saturated heterocycles. The standard InChI is InChI=1S/C7H5NO2.2C2H4O2.2Hg/c8-6-4-2-1-3-5(6)7(9)10;2*1-2(3)4;;/h2-3H,8H2,(H,9,10);2*1H3,(H,3,4);;/q;;;2*+1/p-2. The Kier molecular flexibility index (Phi) is 6.87. The van der Waals surface area contributed by atoms with Crippen LogP contribution in [-0.4, -0.2) is 23.0 Å². The first-order chi connectivity index (χ1) is 9.31. The van der Waals surface area contributed by atoms with Gasteiger partial charge in [0.25, 0.3) is 0 Å². The summed E-state index contributed by atoms with van der Waals surface area (Å²) < 4.78 is 11.5. The van der Waals surface area contributed by atoms with Crippen molar-refractivity contribution in [2.75, 3.05) is 5.73 Å². The maximum absolute atomic E-state index is 11.2. The number of benzene rings is 1. The second-order valence-electron chi connectivity index (χ2n) is 4.08. The summed E-state index contributed by atoms with van der Waals surface area (Å²) in [5.41, 5.74) is 5.93. The van der Waals surface area contributed by atoms with E-state index in [1.165, 1.54) is 19.9 Å². The van der Waals surface area contributed by atoms with Crippen molar-refractivity contribution < 1.29 is 74.8 Å². The zero-order valence-electron chi connectivity index (χ0n) is 11.1. The van der Waals surface area contributed by atoms with Gasteiger partial charge in [0.1, 0.15) is 0 Å². The van der Waals surface area contributed by atoms with Crippen LogP contribution in [-0.2, 0) is 64.9 Å². The molecule has 0 heterocycles. The SMILES string of the molecule is CC(=O)[O][Hg][c]1c[c]([Hg][O]C(C)=O)c(N)c(C(=O)O)c1. The molecule has 1 aromatic carbocycles. The second kappa shape index (κ2) is 7.92. The Balaban J connectivity index is 3.10. The average Bonchev–Trinajstić information content (AvgIpc) is 2.35. The number of carboxylic acids is 1. The minimum atomic E-state index is -2.24. The third-order valence-corrected chi connectivity index (χ3v) is 13.1. The summed E-state index contributed by atoms with van der Waals surface area (Å²) in [6.07, 6.45) is 0. The summed E-state index contributed by atoms with van der Waals surface area (Å²) in [6, 6.07) is 3.18. The normalized spacial score (nSPS) is 9.10.